The summed E-state index contributed by atoms with van der Waals surface area (Å²) in [6.45, 7) is 7.78. The summed E-state index contributed by atoms with van der Waals surface area (Å²) < 4.78 is 5.00. The number of carbonyl (C=O) groups is 4. The molecule has 0 aliphatic carbocycles. The van der Waals surface area contributed by atoms with Crippen molar-refractivity contribution in [2.75, 3.05) is 13.2 Å². The Hall–Kier alpha value is -2.70. The van der Waals surface area contributed by atoms with E-state index in [-0.39, 0.29) is 34.5 Å². The Morgan fingerprint density at radius 1 is 1.11 bits per heavy atom. The molecule has 0 saturated carbocycles. The SMILES string of the molecule is CC[C@@H](C)NC(=O)COC(=O)c1ccc2c(c1)C(=O)N(CCC(C)C)C2=O. The fraction of sp³-hybridized carbons (Fsp3) is 0.500. The molecular weight excluding hydrogens is 348 g/mol. The van der Waals surface area contributed by atoms with Crippen molar-refractivity contribution in [2.45, 2.75) is 46.6 Å². The minimum atomic E-state index is -0.710. The van der Waals surface area contributed by atoms with Gasteiger partial charge in [0, 0.05) is 12.6 Å². The monoisotopic (exact) mass is 374 g/mol. The number of hydrogen-bond acceptors (Lipinski definition) is 5. The fourth-order valence-electron chi connectivity index (χ4n) is 2.64. The van der Waals surface area contributed by atoms with Crippen LogP contribution in [0.3, 0.4) is 0 Å². The lowest BCUT2D eigenvalue weighted by Gasteiger charge is -2.14. The van der Waals surface area contributed by atoms with Crippen molar-refractivity contribution in [3.8, 4) is 0 Å². The molecule has 0 fully saturated rings. The second-order valence-corrected chi connectivity index (χ2v) is 7.16. The van der Waals surface area contributed by atoms with Gasteiger partial charge in [-0.25, -0.2) is 4.79 Å². The highest BCUT2D eigenvalue weighted by Crippen LogP contribution is 2.25. The van der Waals surface area contributed by atoms with Gasteiger partial charge in [-0.2, -0.15) is 0 Å². The molecule has 1 N–H and O–H groups in total. The number of benzene rings is 1. The van der Waals surface area contributed by atoms with Crippen LogP contribution in [0.25, 0.3) is 0 Å². The zero-order valence-corrected chi connectivity index (χ0v) is 16.2. The van der Waals surface area contributed by atoms with Crippen molar-refractivity contribution in [2.24, 2.45) is 5.92 Å². The smallest absolute Gasteiger partial charge is 0.338 e. The van der Waals surface area contributed by atoms with E-state index < -0.39 is 18.5 Å². The van der Waals surface area contributed by atoms with Gasteiger partial charge in [0.15, 0.2) is 6.61 Å². The largest absolute Gasteiger partial charge is 0.452 e. The normalized spacial score (nSPS) is 14.3. The van der Waals surface area contributed by atoms with Gasteiger partial charge in [-0.3, -0.25) is 19.3 Å². The molecule has 0 saturated heterocycles. The van der Waals surface area contributed by atoms with Crippen molar-refractivity contribution < 1.29 is 23.9 Å². The van der Waals surface area contributed by atoms with E-state index in [9.17, 15) is 19.2 Å². The van der Waals surface area contributed by atoms with Crippen LogP contribution in [-0.4, -0.2) is 47.8 Å². The zero-order chi connectivity index (χ0) is 20.1. The molecule has 1 aliphatic heterocycles. The molecule has 146 valence electrons. The van der Waals surface area contributed by atoms with Crippen molar-refractivity contribution in [1.29, 1.82) is 0 Å². The number of imide groups is 1. The maximum Gasteiger partial charge on any atom is 0.338 e. The van der Waals surface area contributed by atoms with Crippen molar-refractivity contribution in [1.82, 2.24) is 10.2 Å². The lowest BCUT2D eigenvalue weighted by Crippen LogP contribution is -2.35. The van der Waals surface area contributed by atoms with Gasteiger partial charge < -0.3 is 10.1 Å². The number of nitrogens with zero attached hydrogens (tertiary/aromatic N) is 1. The summed E-state index contributed by atoms with van der Waals surface area (Å²) in [5, 5.41) is 2.70. The Balaban J connectivity index is 2.04. The molecule has 1 heterocycles. The predicted molar refractivity (Wildman–Crippen MR) is 99.4 cm³/mol. The van der Waals surface area contributed by atoms with Crippen LogP contribution in [0.2, 0.25) is 0 Å². The number of fused-ring (bicyclic) bond motifs is 1. The first-order valence-electron chi connectivity index (χ1n) is 9.21. The van der Waals surface area contributed by atoms with Crippen molar-refractivity contribution in [3.63, 3.8) is 0 Å². The first kappa shape index (κ1) is 20.6. The van der Waals surface area contributed by atoms with E-state index in [1.54, 1.807) is 0 Å². The highest BCUT2D eigenvalue weighted by Gasteiger charge is 2.35. The second-order valence-electron chi connectivity index (χ2n) is 7.16. The molecule has 1 aromatic carbocycles. The van der Waals surface area contributed by atoms with Gasteiger partial charge in [-0.1, -0.05) is 20.8 Å². The number of ether oxygens (including phenoxy) is 1. The van der Waals surface area contributed by atoms with Crippen LogP contribution in [-0.2, 0) is 9.53 Å². The predicted octanol–water partition coefficient (Wildman–Crippen LogP) is 2.40. The standard InChI is InChI=1S/C20H26N2O5/c1-5-13(4)21-17(23)11-27-20(26)14-6-7-15-16(10-14)19(25)22(18(15)24)9-8-12(2)3/h6-7,10,12-13H,5,8-9,11H2,1-4H3,(H,21,23)/t13-/m1/s1. The first-order valence-corrected chi connectivity index (χ1v) is 9.21. The van der Waals surface area contributed by atoms with Gasteiger partial charge in [-0.15, -0.1) is 0 Å². The van der Waals surface area contributed by atoms with E-state index in [1.807, 2.05) is 27.7 Å². The highest BCUT2D eigenvalue weighted by molar-refractivity contribution is 6.21. The average Bonchev–Trinajstić information content (AvgIpc) is 2.87. The molecule has 3 amide bonds. The van der Waals surface area contributed by atoms with Crippen LogP contribution in [0.15, 0.2) is 18.2 Å². The molecule has 0 unspecified atom stereocenters. The van der Waals surface area contributed by atoms with E-state index in [0.717, 1.165) is 6.42 Å². The summed E-state index contributed by atoms with van der Waals surface area (Å²) in [5.74, 6) is -1.48. The number of nitrogens with one attached hydrogen (secondary N) is 1. The molecule has 7 nitrogen and oxygen atoms in total. The molecule has 1 aromatic rings. The molecule has 0 bridgehead atoms. The molecule has 1 aliphatic rings. The van der Waals surface area contributed by atoms with Gasteiger partial charge in [0.2, 0.25) is 0 Å². The minimum absolute atomic E-state index is 0.00310. The van der Waals surface area contributed by atoms with Crippen LogP contribution >= 0.6 is 0 Å². The van der Waals surface area contributed by atoms with E-state index in [2.05, 4.69) is 5.32 Å². The van der Waals surface area contributed by atoms with Crippen molar-refractivity contribution >= 4 is 23.7 Å². The van der Waals surface area contributed by atoms with Gasteiger partial charge >= 0.3 is 5.97 Å². The van der Waals surface area contributed by atoms with Gasteiger partial charge in [0.25, 0.3) is 17.7 Å². The van der Waals surface area contributed by atoms with Crippen LogP contribution in [0.5, 0.6) is 0 Å². The Morgan fingerprint density at radius 3 is 2.41 bits per heavy atom. The quantitative estimate of drug-likeness (QED) is 0.557. The molecule has 7 heteroatoms. The first-order chi connectivity index (χ1) is 12.7. The number of amides is 3. The van der Waals surface area contributed by atoms with E-state index >= 15 is 0 Å². The molecule has 2 rings (SSSR count). The number of esters is 1. The number of rotatable bonds is 8. The third kappa shape index (κ3) is 4.93. The summed E-state index contributed by atoms with van der Waals surface area (Å²) in [5.41, 5.74) is 0.619. The third-order valence-electron chi connectivity index (χ3n) is 4.49. The molecule has 27 heavy (non-hydrogen) atoms. The maximum atomic E-state index is 12.5. The Morgan fingerprint density at radius 2 is 1.78 bits per heavy atom. The summed E-state index contributed by atoms with van der Waals surface area (Å²) >= 11 is 0. The summed E-state index contributed by atoms with van der Waals surface area (Å²) in [6.07, 6.45) is 1.49. The third-order valence-corrected chi connectivity index (χ3v) is 4.49. The second kappa shape index (κ2) is 8.79. The fourth-order valence-corrected chi connectivity index (χ4v) is 2.64. The summed E-state index contributed by atoms with van der Waals surface area (Å²) in [4.78, 5) is 50.0. The van der Waals surface area contributed by atoms with Gasteiger partial charge in [0.1, 0.15) is 0 Å². The van der Waals surface area contributed by atoms with Gasteiger partial charge in [0.05, 0.1) is 16.7 Å². The number of carbonyl (C=O) groups excluding carboxylic acids is 4. The van der Waals surface area contributed by atoms with Crippen LogP contribution in [0.4, 0.5) is 0 Å². The zero-order valence-electron chi connectivity index (χ0n) is 16.2. The highest BCUT2D eigenvalue weighted by atomic mass is 16.5. The van der Waals surface area contributed by atoms with Crippen LogP contribution in [0.1, 0.15) is 71.6 Å². The molecule has 0 radical (unpaired) electrons. The van der Waals surface area contributed by atoms with E-state index in [0.29, 0.717) is 18.9 Å². The number of hydrogen-bond donors (Lipinski definition) is 1. The molecule has 1 atom stereocenters. The Labute approximate surface area is 159 Å². The average molecular weight is 374 g/mol. The molecule has 0 spiro atoms. The van der Waals surface area contributed by atoms with Gasteiger partial charge in [-0.05, 0) is 43.9 Å². The van der Waals surface area contributed by atoms with Crippen LogP contribution in [0, 0.1) is 5.92 Å². The van der Waals surface area contributed by atoms with E-state index in [4.69, 9.17) is 4.74 Å². The van der Waals surface area contributed by atoms with Crippen LogP contribution < -0.4 is 5.32 Å². The summed E-state index contributed by atoms with van der Waals surface area (Å²) in [7, 11) is 0. The maximum absolute atomic E-state index is 12.5. The topological polar surface area (TPSA) is 92.8 Å². The molecule has 0 aromatic heterocycles. The minimum Gasteiger partial charge on any atom is -0.452 e. The Kier molecular flexibility index (Phi) is 6.71. The molecular formula is C20H26N2O5. The Bertz CT molecular complexity index is 757. The summed E-state index contributed by atoms with van der Waals surface area (Å²) in [6, 6.07) is 4.25. The van der Waals surface area contributed by atoms with Crippen molar-refractivity contribution in [3.05, 3.63) is 34.9 Å². The lowest BCUT2D eigenvalue weighted by molar-refractivity contribution is -0.124. The van der Waals surface area contributed by atoms with E-state index in [1.165, 1.54) is 23.1 Å². The lowest BCUT2D eigenvalue weighted by atomic mass is 10.1.